The van der Waals surface area contributed by atoms with Gasteiger partial charge in [0.2, 0.25) is 0 Å². The summed E-state index contributed by atoms with van der Waals surface area (Å²) in [7, 11) is 1.68. The Hall–Kier alpha value is -2.17. The minimum absolute atomic E-state index is 0.0812. The first-order chi connectivity index (χ1) is 8.16. The van der Waals surface area contributed by atoms with Crippen molar-refractivity contribution in [3.05, 3.63) is 52.5 Å². The summed E-state index contributed by atoms with van der Waals surface area (Å²) in [6.45, 7) is 2.04. The Morgan fingerprint density at radius 3 is 3.00 bits per heavy atom. The second kappa shape index (κ2) is 4.78. The fraction of sp³-hybridized carbons (Fsp3) is 0.250. The number of hydrogen-bond donors (Lipinski definition) is 0. The van der Waals surface area contributed by atoms with E-state index in [0.717, 1.165) is 0 Å². The van der Waals surface area contributed by atoms with Crippen molar-refractivity contribution in [3.8, 4) is 5.75 Å². The van der Waals surface area contributed by atoms with Gasteiger partial charge >= 0.3 is 0 Å². The number of aryl methyl sites for hydroxylation is 1. The molecule has 88 valence electrons. The third kappa shape index (κ3) is 2.69. The molecular formula is C12H13N3O2. The average Bonchev–Trinajstić information content (AvgIpc) is 2.33. The molecule has 0 aromatic carbocycles. The van der Waals surface area contributed by atoms with E-state index in [1.165, 1.54) is 10.6 Å². The molecule has 2 aromatic rings. The molecule has 0 saturated heterocycles. The summed E-state index contributed by atoms with van der Waals surface area (Å²) in [6.07, 6.45) is 3.29. The van der Waals surface area contributed by atoms with Gasteiger partial charge in [0.15, 0.2) is 0 Å². The van der Waals surface area contributed by atoms with Crippen LogP contribution in [0.15, 0.2) is 35.4 Å². The molecule has 5 nitrogen and oxygen atoms in total. The predicted octanol–water partition coefficient (Wildman–Crippen LogP) is 1.06. The topological polar surface area (TPSA) is 57.0 Å². The molecule has 0 amide bonds. The summed E-state index contributed by atoms with van der Waals surface area (Å²) in [5.74, 6) is 1.25. The van der Waals surface area contributed by atoms with E-state index < -0.39 is 0 Å². The minimum atomic E-state index is -0.0812. The molecule has 5 heteroatoms. The van der Waals surface area contributed by atoms with Crippen LogP contribution in [0.1, 0.15) is 11.5 Å². The van der Waals surface area contributed by atoms with E-state index in [1.807, 2.05) is 0 Å². The third-order valence-electron chi connectivity index (χ3n) is 2.36. The highest BCUT2D eigenvalue weighted by molar-refractivity contribution is 5.15. The minimum Gasteiger partial charge on any atom is -0.484 e. The zero-order chi connectivity index (χ0) is 12.3. The molecule has 0 bridgehead atoms. The number of pyridine rings is 1. The Kier molecular flexibility index (Phi) is 3.18. The monoisotopic (exact) mass is 231 g/mol. The lowest BCUT2D eigenvalue weighted by atomic mass is 10.4. The van der Waals surface area contributed by atoms with Crippen LogP contribution in [0.4, 0.5) is 0 Å². The van der Waals surface area contributed by atoms with E-state index in [1.54, 1.807) is 38.5 Å². The van der Waals surface area contributed by atoms with E-state index in [9.17, 15) is 4.79 Å². The first-order valence-electron chi connectivity index (χ1n) is 5.23. The van der Waals surface area contributed by atoms with Crippen LogP contribution in [0.2, 0.25) is 0 Å². The van der Waals surface area contributed by atoms with Crippen molar-refractivity contribution in [1.82, 2.24) is 14.5 Å². The van der Waals surface area contributed by atoms with Crippen LogP contribution in [-0.4, -0.2) is 14.5 Å². The molecule has 2 rings (SSSR count). The Labute approximate surface area is 98.7 Å². The maximum absolute atomic E-state index is 11.5. The van der Waals surface area contributed by atoms with Crippen molar-refractivity contribution < 1.29 is 4.74 Å². The number of rotatable bonds is 3. The smallest absolute Gasteiger partial charge is 0.253 e. The molecule has 0 spiro atoms. The molecule has 0 fully saturated rings. The van der Waals surface area contributed by atoms with Gasteiger partial charge in [-0.25, -0.2) is 4.98 Å². The Morgan fingerprint density at radius 1 is 1.47 bits per heavy atom. The molecule has 0 aliphatic heterocycles. The van der Waals surface area contributed by atoms with Crippen LogP contribution in [0.5, 0.6) is 5.75 Å². The summed E-state index contributed by atoms with van der Waals surface area (Å²) < 4.78 is 6.97. The molecule has 0 aliphatic rings. The summed E-state index contributed by atoms with van der Waals surface area (Å²) in [4.78, 5) is 19.7. The van der Waals surface area contributed by atoms with Gasteiger partial charge in [-0.3, -0.25) is 14.3 Å². The normalized spacial score (nSPS) is 10.2. The van der Waals surface area contributed by atoms with Crippen molar-refractivity contribution in [3.63, 3.8) is 0 Å². The molecule has 0 unspecified atom stereocenters. The van der Waals surface area contributed by atoms with E-state index >= 15 is 0 Å². The van der Waals surface area contributed by atoms with Crippen molar-refractivity contribution in [2.75, 3.05) is 0 Å². The van der Waals surface area contributed by atoms with Crippen LogP contribution in [0.25, 0.3) is 0 Å². The van der Waals surface area contributed by atoms with Gasteiger partial charge in [0.1, 0.15) is 18.2 Å². The molecule has 0 atom stereocenters. The zero-order valence-corrected chi connectivity index (χ0v) is 9.75. The maximum atomic E-state index is 11.5. The summed E-state index contributed by atoms with van der Waals surface area (Å²) in [6, 6.07) is 5.09. The van der Waals surface area contributed by atoms with Crippen LogP contribution in [0.3, 0.4) is 0 Å². The van der Waals surface area contributed by atoms with Gasteiger partial charge in [-0.2, -0.15) is 0 Å². The molecule has 17 heavy (non-hydrogen) atoms. The summed E-state index contributed by atoms with van der Waals surface area (Å²) >= 11 is 0. The van der Waals surface area contributed by atoms with Gasteiger partial charge in [-0.1, -0.05) is 0 Å². The van der Waals surface area contributed by atoms with Crippen LogP contribution in [0, 0.1) is 6.92 Å². The second-order valence-corrected chi connectivity index (χ2v) is 3.69. The van der Waals surface area contributed by atoms with E-state index in [4.69, 9.17) is 4.74 Å². The summed E-state index contributed by atoms with van der Waals surface area (Å²) in [5, 5.41) is 0. The molecule has 0 aliphatic carbocycles. The van der Waals surface area contributed by atoms with Crippen molar-refractivity contribution >= 4 is 0 Å². The van der Waals surface area contributed by atoms with Crippen molar-refractivity contribution in [1.29, 1.82) is 0 Å². The van der Waals surface area contributed by atoms with Gasteiger partial charge in [0.25, 0.3) is 5.56 Å². The standard InChI is InChI=1S/C12H13N3O2/c1-9-6-12(16)15(2)11(14-9)8-17-10-4-3-5-13-7-10/h3-7H,8H2,1-2H3. The van der Waals surface area contributed by atoms with E-state index in [2.05, 4.69) is 9.97 Å². The maximum Gasteiger partial charge on any atom is 0.253 e. The second-order valence-electron chi connectivity index (χ2n) is 3.69. The average molecular weight is 231 g/mol. The Balaban J connectivity index is 2.17. The van der Waals surface area contributed by atoms with Gasteiger partial charge in [-0.15, -0.1) is 0 Å². The molecule has 0 N–H and O–H groups in total. The Morgan fingerprint density at radius 2 is 2.29 bits per heavy atom. The van der Waals surface area contributed by atoms with Crippen molar-refractivity contribution in [2.45, 2.75) is 13.5 Å². The fourth-order valence-corrected chi connectivity index (χ4v) is 1.42. The fourth-order valence-electron chi connectivity index (χ4n) is 1.42. The lowest BCUT2D eigenvalue weighted by Crippen LogP contribution is -2.23. The van der Waals surface area contributed by atoms with Gasteiger partial charge in [0.05, 0.1) is 6.20 Å². The third-order valence-corrected chi connectivity index (χ3v) is 2.36. The van der Waals surface area contributed by atoms with Crippen molar-refractivity contribution in [2.24, 2.45) is 7.05 Å². The highest BCUT2D eigenvalue weighted by Gasteiger charge is 2.04. The lowest BCUT2D eigenvalue weighted by Gasteiger charge is -2.09. The van der Waals surface area contributed by atoms with Crippen LogP contribution >= 0.6 is 0 Å². The van der Waals surface area contributed by atoms with Gasteiger partial charge < -0.3 is 4.74 Å². The van der Waals surface area contributed by atoms with E-state index in [0.29, 0.717) is 17.3 Å². The number of ether oxygens (including phenoxy) is 1. The van der Waals surface area contributed by atoms with Gasteiger partial charge in [-0.05, 0) is 19.1 Å². The number of aromatic nitrogens is 3. The molecular weight excluding hydrogens is 218 g/mol. The zero-order valence-electron chi connectivity index (χ0n) is 9.75. The predicted molar refractivity (Wildman–Crippen MR) is 62.8 cm³/mol. The highest BCUT2D eigenvalue weighted by Crippen LogP contribution is 2.08. The van der Waals surface area contributed by atoms with Crippen LogP contribution < -0.4 is 10.3 Å². The SMILES string of the molecule is Cc1cc(=O)n(C)c(COc2cccnc2)n1. The molecule has 0 radical (unpaired) electrons. The summed E-state index contributed by atoms with van der Waals surface area (Å²) in [5.41, 5.74) is 0.611. The number of nitrogens with zero attached hydrogens (tertiary/aromatic N) is 3. The molecule has 2 aromatic heterocycles. The molecule has 2 heterocycles. The first kappa shape index (κ1) is 11.3. The largest absolute Gasteiger partial charge is 0.484 e. The first-order valence-corrected chi connectivity index (χ1v) is 5.23. The number of hydrogen-bond acceptors (Lipinski definition) is 4. The van der Waals surface area contributed by atoms with E-state index in [-0.39, 0.29) is 12.2 Å². The Bertz CT molecular complexity index is 564. The molecule has 0 saturated carbocycles. The quantitative estimate of drug-likeness (QED) is 0.792. The lowest BCUT2D eigenvalue weighted by molar-refractivity contribution is 0.287. The van der Waals surface area contributed by atoms with Crippen LogP contribution in [-0.2, 0) is 13.7 Å². The highest BCUT2D eigenvalue weighted by atomic mass is 16.5. The van der Waals surface area contributed by atoms with Gasteiger partial charge in [0, 0.05) is 25.0 Å².